The van der Waals surface area contributed by atoms with Gasteiger partial charge in [0, 0.05) is 12.8 Å². The molecule has 0 radical (unpaired) electrons. The van der Waals surface area contributed by atoms with Crippen molar-refractivity contribution in [2.24, 2.45) is 0 Å². The summed E-state index contributed by atoms with van der Waals surface area (Å²) in [6.45, 7) is 4.16. The summed E-state index contributed by atoms with van der Waals surface area (Å²) >= 11 is 0. The molecule has 356 valence electrons. The summed E-state index contributed by atoms with van der Waals surface area (Å²) in [5.41, 5.74) is 0. The standard InChI is InChI=1S/C50H91NO10/c1-3-5-7-9-11-13-16-20-24-28-32-36-43(53)42(41-60-50-49(58)48(57)47(56)44(40-52)61-50)51-45(54)37-33-29-25-21-18-15-19-23-27-31-35-39-59-46(55)38-34-30-26-22-17-14-12-10-8-6-4-2/h10,12,19,23,32,36,42-44,47-50,52-53,56-58H,3-9,11,13-18,20-22,24-31,33-35,37-41H2,1-2H3,(H,51,54)/b12-10-,23-19-,36-32+. The van der Waals surface area contributed by atoms with Crippen LogP contribution in [0.4, 0.5) is 0 Å². The number of rotatable bonds is 41. The Morgan fingerprint density at radius 3 is 1.62 bits per heavy atom. The number of carbonyl (C=O) groups excluding carboxylic acids is 2. The molecule has 7 atom stereocenters. The van der Waals surface area contributed by atoms with Gasteiger partial charge in [0.15, 0.2) is 6.29 Å². The smallest absolute Gasteiger partial charge is 0.305 e. The molecule has 11 nitrogen and oxygen atoms in total. The van der Waals surface area contributed by atoms with Crippen molar-refractivity contribution in [2.45, 2.75) is 249 Å². The lowest BCUT2D eigenvalue weighted by atomic mass is 9.99. The minimum atomic E-state index is -1.58. The number of nitrogens with one attached hydrogen (secondary N) is 1. The van der Waals surface area contributed by atoms with Gasteiger partial charge in [-0.1, -0.05) is 153 Å². The molecule has 0 saturated carbocycles. The number of aliphatic hydroxyl groups excluding tert-OH is 5. The minimum Gasteiger partial charge on any atom is -0.466 e. The fourth-order valence-corrected chi connectivity index (χ4v) is 7.41. The van der Waals surface area contributed by atoms with Crippen LogP contribution in [0, 0.1) is 0 Å². The molecule has 1 heterocycles. The first-order valence-corrected chi connectivity index (χ1v) is 24.8. The molecule has 11 heteroatoms. The summed E-state index contributed by atoms with van der Waals surface area (Å²) in [4.78, 5) is 25.0. The van der Waals surface area contributed by atoms with Gasteiger partial charge in [0.1, 0.15) is 24.4 Å². The zero-order chi connectivity index (χ0) is 44.6. The third-order valence-electron chi connectivity index (χ3n) is 11.5. The molecule has 0 bridgehead atoms. The average molecular weight is 866 g/mol. The summed E-state index contributed by atoms with van der Waals surface area (Å²) in [5, 5.41) is 54.1. The van der Waals surface area contributed by atoms with Crippen molar-refractivity contribution in [3.8, 4) is 0 Å². The second-order valence-corrected chi connectivity index (χ2v) is 17.2. The maximum absolute atomic E-state index is 13.0. The predicted molar refractivity (Wildman–Crippen MR) is 246 cm³/mol. The van der Waals surface area contributed by atoms with Crippen LogP contribution in [0.1, 0.15) is 206 Å². The molecule has 1 amide bonds. The molecule has 0 spiro atoms. The first-order valence-electron chi connectivity index (χ1n) is 24.8. The van der Waals surface area contributed by atoms with Gasteiger partial charge in [-0.2, -0.15) is 0 Å². The number of ether oxygens (including phenoxy) is 3. The van der Waals surface area contributed by atoms with Crippen LogP contribution in [-0.2, 0) is 23.8 Å². The molecular formula is C50H91NO10. The van der Waals surface area contributed by atoms with Gasteiger partial charge in [-0.25, -0.2) is 0 Å². The van der Waals surface area contributed by atoms with E-state index in [-0.39, 0.29) is 18.5 Å². The van der Waals surface area contributed by atoms with E-state index in [0.29, 0.717) is 25.9 Å². The Labute approximate surface area is 371 Å². The average Bonchev–Trinajstić information content (AvgIpc) is 3.25. The zero-order valence-electron chi connectivity index (χ0n) is 38.6. The van der Waals surface area contributed by atoms with E-state index in [2.05, 4.69) is 43.5 Å². The van der Waals surface area contributed by atoms with Gasteiger partial charge >= 0.3 is 5.97 Å². The van der Waals surface area contributed by atoms with Crippen LogP contribution >= 0.6 is 0 Å². The van der Waals surface area contributed by atoms with E-state index in [0.717, 1.165) is 83.5 Å². The largest absolute Gasteiger partial charge is 0.466 e. The third kappa shape index (κ3) is 31.4. The predicted octanol–water partition coefficient (Wildman–Crippen LogP) is 9.60. The van der Waals surface area contributed by atoms with E-state index in [9.17, 15) is 35.1 Å². The Morgan fingerprint density at radius 2 is 1.07 bits per heavy atom. The molecule has 0 aromatic carbocycles. The summed E-state index contributed by atoms with van der Waals surface area (Å²) in [5.74, 6) is -0.283. The minimum absolute atomic E-state index is 0.0693. The quantitative estimate of drug-likeness (QED) is 0.0197. The van der Waals surface area contributed by atoms with E-state index >= 15 is 0 Å². The molecular weight excluding hydrogens is 775 g/mol. The van der Waals surface area contributed by atoms with Crippen molar-refractivity contribution >= 4 is 11.9 Å². The Hall–Kier alpha value is -2.12. The summed E-state index contributed by atoms with van der Waals surface area (Å²) in [7, 11) is 0. The SMILES string of the molecule is CCCC/C=C\CCCCCCCC(=O)OCCCC/C=C\CCCCCCCC(=O)NC(COC1OC(CO)C(O)C(O)C1O)C(O)/C=C/CCCCCCCCCCC. The molecule has 0 aliphatic carbocycles. The van der Waals surface area contributed by atoms with Crippen molar-refractivity contribution in [1.82, 2.24) is 5.32 Å². The molecule has 61 heavy (non-hydrogen) atoms. The number of allylic oxidation sites excluding steroid dienone is 5. The van der Waals surface area contributed by atoms with Crippen molar-refractivity contribution in [1.29, 1.82) is 0 Å². The van der Waals surface area contributed by atoms with E-state index < -0.39 is 49.5 Å². The van der Waals surface area contributed by atoms with Crippen LogP contribution in [0.5, 0.6) is 0 Å². The van der Waals surface area contributed by atoms with Gasteiger partial charge in [0.2, 0.25) is 5.91 Å². The Morgan fingerprint density at radius 1 is 0.590 bits per heavy atom. The van der Waals surface area contributed by atoms with Crippen molar-refractivity contribution in [3.05, 3.63) is 36.5 Å². The van der Waals surface area contributed by atoms with Gasteiger partial charge in [-0.05, 0) is 77.0 Å². The second-order valence-electron chi connectivity index (χ2n) is 17.2. The van der Waals surface area contributed by atoms with Gasteiger partial charge in [0.25, 0.3) is 0 Å². The van der Waals surface area contributed by atoms with Crippen LogP contribution < -0.4 is 5.32 Å². The monoisotopic (exact) mass is 866 g/mol. The highest BCUT2D eigenvalue weighted by molar-refractivity contribution is 5.76. The first-order chi connectivity index (χ1) is 29.7. The number of carbonyl (C=O) groups is 2. The number of esters is 1. The highest BCUT2D eigenvalue weighted by Gasteiger charge is 2.44. The molecule has 0 aromatic rings. The molecule has 1 saturated heterocycles. The third-order valence-corrected chi connectivity index (χ3v) is 11.5. The van der Waals surface area contributed by atoms with Gasteiger partial charge in [0.05, 0.1) is 32.0 Å². The summed E-state index contributed by atoms with van der Waals surface area (Å²) in [6, 6.07) is -0.830. The van der Waals surface area contributed by atoms with Crippen molar-refractivity contribution in [3.63, 3.8) is 0 Å². The molecule has 1 aliphatic rings. The lowest BCUT2D eigenvalue weighted by Gasteiger charge is -2.40. The number of amides is 1. The highest BCUT2D eigenvalue weighted by Crippen LogP contribution is 2.22. The normalized spacial score (nSPS) is 20.5. The Kier molecular flexibility index (Phi) is 37.9. The lowest BCUT2D eigenvalue weighted by Crippen LogP contribution is -2.60. The maximum Gasteiger partial charge on any atom is 0.305 e. The summed E-state index contributed by atoms with van der Waals surface area (Å²) < 4.78 is 16.6. The van der Waals surface area contributed by atoms with Crippen LogP contribution in [0.3, 0.4) is 0 Å². The van der Waals surface area contributed by atoms with E-state index in [1.54, 1.807) is 6.08 Å². The van der Waals surface area contributed by atoms with Crippen molar-refractivity contribution in [2.75, 3.05) is 19.8 Å². The van der Waals surface area contributed by atoms with Gasteiger partial charge in [-0.3, -0.25) is 9.59 Å². The van der Waals surface area contributed by atoms with Crippen LogP contribution in [0.15, 0.2) is 36.5 Å². The maximum atomic E-state index is 13.0. The highest BCUT2D eigenvalue weighted by atomic mass is 16.7. The fraction of sp³-hybridized carbons (Fsp3) is 0.840. The number of hydrogen-bond donors (Lipinski definition) is 6. The van der Waals surface area contributed by atoms with E-state index in [1.807, 2.05) is 6.08 Å². The Balaban J connectivity index is 2.24. The molecule has 1 rings (SSSR count). The molecule has 6 N–H and O–H groups in total. The van der Waals surface area contributed by atoms with E-state index in [1.165, 1.54) is 89.9 Å². The first kappa shape index (κ1) is 56.9. The lowest BCUT2D eigenvalue weighted by molar-refractivity contribution is -0.302. The molecule has 1 fully saturated rings. The number of aliphatic hydroxyl groups is 5. The van der Waals surface area contributed by atoms with Crippen LogP contribution in [0.25, 0.3) is 0 Å². The number of hydrogen-bond acceptors (Lipinski definition) is 10. The Bertz CT molecular complexity index is 1110. The second kappa shape index (κ2) is 40.6. The van der Waals surface area contributed by atoms with Gasteiger partial charge < -0.3 is 45.1 Å². The topological polar surface area (TPSA) is 175 Å². The fourth-order valence-electron chi connectivity index (χ4n) is 7.41. The van der Waals surface area contributed by atoms with E-state index in [4.69, 9.17) is 14.2 Å². The molecule has 0 aromatic heterocycles. The zero-order valence-corrected chi connectivity index (χ0v) is 38.6. The van der Waals surface area contributed by atoms with Gasteiger partial charge in [-0.15, -0.1) is 0 Å². The number of unbranched alkanes of at least 4 members (excludes halogenated alkanes) is 23. The molecule has 1 aliphatic heterocycles. The molecule has 7 unspecified atom stereocenters. The van der Waals surface area contributed by atoms with Crippen LogP contribution in [0.2, 0.25) is 0 Å². The summed E-state index contributed by atoms with van der Waals surface area (Å²) in [6.07, 6.45) is 36.5. The van der Waals surface area contributed by atoms with Crippen LogP contribution in [-0.4, -0.2) is 100 Å². The van der Waals surface area contributed by atoms with Crippen molar-refractivity contribution < 1.29 is 49.3 Å².